The van der Waals surface area contributed by atoms with Gasteiger partial charge >= 0.3 is 5.97 Å². The standard InChI is InChI=1S/C54H108O3/c1-4-7-10-13-15-17-19-21-23-25-27-29-31-35-39-44-49-54(53(56)57,51-46-41-37-33-34-38-43-48-52(55)47-42-12-9-6-3)50-45-40-36-32-30-28-26-24-22-20-18-16-14-11-8-5-2/h52,55H,4-51H2,1-3H3,(H,56,57). The van der Waals surface area contributed by atoms with Gasteiger partial charge in [0.05, 0.1) is 11.5 Å². The first-order chi connectivity index (χ1) is 28.0. The van der Waals surface area contributed by atoms with E-state index in [1.807, 2.05) is 0 Å². The summed E-state index contributed by atoms with van der Waals surface area (Å²) in [7, 11) is 0. The van der Waals surface area contributed by atoms with E-state index >= 15 is 0 Å². The number of rotatable bonds is 50. The number of aliphatic hydroxyl groups is 1. The van der Waals surface area contributed by atoms with Crippen molar-refractivity contribution < 1.29 is 15.0 Å². The van der Waals surface area contributed by atoms with Gasteiger partial charge in [0.25, 0.3) is 0 Å². The third-order valence-electron chi connectivity index (χ3n) is 13.6. The van der Waals surface area contributed by atoms with Gasteiger partial charge in [0.1, 0.15) is 0 Å². The molecule has 0 heterocycles. The van der Waals surface area contributed by atoms with Crippen molar-refractivity contribution in [3.63, 3.8) is 0 Å². The van der Waals surface area contributed by atoms with E-state index in [4.69, 9.17) is 0 Å². The molecule has 0 amide bonds. The molecule has 342 valence electrons. The molecule has 1 unspecified atom stereocenters. The highest BCUT2D eigenvalue weighted by molar-refractivity contribution is 5.74. The molecule has 3 heteroatoms. The zero-order valence-corrected chi connectivity index (χ0v) is 39.8. The molecule has 0 aliphatic rings. The number of hydrogen-bond donors (Lipinski definition) is 2. The molecular weight excluding hydrogens is 697 g/mol. The van der Waals surface area contributed by atoms with Crippen molar-refractivity contribution in [3.8, 4) is 0 Å². The van der Waals surface area contributed by atoms with Gasteiger partial charge in [-0.25, -0.2) is 0 Å². The minimum atomic E-state index is -0.502. The first-order valence-corrected chi connectivity index (χ1v) is 26.9. The van der Waals surface area contributed by atoms with E-state index in [0.717, 1.165) is 57.8 Å². The largest absolute Gasteiger partial charge is 0.481 e. The summed E-state index contributed by atoms with van der Waals surface area (Å²) in [5, 5.41) is 21.0. The van der Waals surface area contributed by atoms with Crippen LogP contribution in [0, 0.1) is 5.41 Å². The minimum Gasteiger partial charge on any atom is -0.481 e. The topological polar surface area (TPSA) is 57.5 Å². The zero-order valence-electron chi connectivity index (χ0n) is 39.8. The second-order valence-corrected chi connectivity index (χ2v) is 19.2. The van der Waals surface area contributed by atoms with Crippen molar-refractivity contribution in [1.29, 1.82) is 0 Å². The molecule has 0 fully saturated rings. The summed E-state index contributed by atoms with van der Waals surface area (Å²) in [4.78, 5) is 13.0. The van der Waals surface area contributed by atoms with Gasteiger partial charge in [0.2, 0.25) is 0 Å². The first kappa shape index (κ1) is 56.4. The van der Waals surface area contributed by atoms with Crippen molar-refractivity contribution >= 4 is 5.97 Å². The van der Waals surface area contributed by atoms with Crippen molar-refractivity contribution in [1.82, 2.24) is 0 Å². The van der Waals surface area contributed by atoms with E-state index in [2.05, 4.69) is 20.8 Å². The second kappa shape index (κ2) is 46.5. The normalized spacial score (nSPS) is 12.5. The van der Waals surface area contributed by atoms with E-state index in [9.17, 15) is 15.0 Å². The average molecular weight is 805 g/mol. The lowest BCUT2D eigenvalue weighted by Gasteiger charge is -2.30. The van der Waals surface area contributed by atoms with Gasteiger partial charge in [0, 0.05) is 0 Å². The zero-order chi connectivity index (χ0) is 41.6. The minimum absolute atomic E-state index is 0.102. The van der Waals surface area contributed by atoms with Crippen molar-refractivity contribution in [2.24, 2.45) is 5.41 Å². The lowest BCUT2D eigenvalue weighted by molar-refractivity contribution is -0.150. The van der Waals surface area contributed by atoms with E-state index in [1.54, 1.807) is 0 Å². The van der Waals surface area contributed by atoms with Crippen LogP contribution in [0.2, 0.25) is 0 Å². The lowest BCUT2D eigenvalue weighted by Crippen LogP contribution is -2.31. The maximum Gasteiger partial charge on any atom is 0.309 e. The fourth-order valence-corrected chi connectivity index (χ4v) is 9.40. The Balaban J connectivity index is 4.38. The predicted molar refractivity (Wildman–Crippen MR) is 255 cm³/mol. The molecule has 0 aliphatic carbocycles. The van der Waals surface area contributed by atoms with Crippen molar-refractivity contribution in [2.75, 3.05) is 0 Å². The van der Waals surface area contributed by atoms with Crippen molar-refractivity contribution in [3.05, 3.63) is 0 Å². The Bertz CT molecular complexity index is 728. The highest BCUT2D eigenvalue weighted by Crippen LogP contribution is 2.38. The van der Waals surface area contributed by atoms with Gasteiger partial charge < -0.3 is 10.2 Å². The molecule has 0 rings (SSSR count). The van der Waals surface area contributed by atoms with E-state index in [0.29, 0.717) is 0 Å². The van der Waals surface area contributed by atoms with Crippen LogP contribution in [0.5, 0.6) is 0 Å². The van der Waals surface area contributed by atoms with Gasteiger partial charge in [-0.15, -0.1) is 0 Å². The Labute approximate surface area is 360 Å². The van der Waals surface area contributed by atoms with Gasteiger partial charge in [-0.1, -0.05) is 297 Å². The number of aliphatic hydroxyl groups excluding tert-OH is 1. The first-order valence-electron chi connectivity index (χ1n) is 26.9. The molecule has 0 radical (unpaired) electrons. The molecule has 57 heavy (non-hydrogen) atoms. The van der Waals surface area contributed by atoms with Crippen LogP contribution in [-0.2, 0) is 4.79 Å². The molecule has 0 aromatic rings. The van der Waals surface area contributed by atoms with Gasteiger partial charge in [-0.05, 0) is 32.1 Å². The van der Waals surface area contributed by atoms with Crippen LogP contribution in [0.4, 0.5) is 0 Å². The molecule has 0 aromatic heterocycles. The number of hydrogen-bond acceptors (Lipinski definition) is 2. The molecule has 2 N–H and O–H groups in total. The molecule has 0 spiro atoms. The summed E-state index contributed by atoms with van der Waals surface area (Å²) < 4.78 is 0. The van der Waals surface area contributed by atoms with Crippen molar-refractivity contribution in [2.45, 2.75) is 335 Å². The summed E-state index contributed by atoms with van der Waals surface area (Å²) >= 11 is 0. The highest BCUT2D eigenvalue weighted by Gasteiger charge is 2.36. The molecule has 0 bridgehead atoms. The quantitative estimate of drug-likeness (QED) is 0.0602. The molecule has 0 aromatic carbocycles. The van der Waals surface area contributed by atoms with Crippen LogP contribution >= 0.6 is 0 Å². The summed E-state index contributed by atoms with van der Waals surface area (Å²) in [6.07, 6.45) is 61.5. The fraction of sp³-hybridized carbons (Fsp3) is 0.981. The SMILES string of the molecule is CCCCCCCCCCCCCCCCCCC(CCCCCCCCCCCCCCCCCC)(CCCCCCCCCC(O)CCCCCC)C(=O)O. The maximum atomic E-state index is 13.0. The lowest BCUT2D eigenvalue weighted by atomic mass is 9.74. The van der Waals surface area contributed by atoms with Crippen LogP contribution in [0.25, 0.3) is 0 Å². The summed E-state index contributed by atoms with van der Waals surface area (Å²) in [5.74, 6) is -0.502. The average Bonchev–Trinajstić information content (AvgIpc) is 3.21. The Morgan fingerprint density at radius 2 is 0.491 bits per heavy atom. The predicted octanol–water partition coefficient (Wildman–Crippen LogP) is 19.2. The van der Waals surface area contributed by atoms with Crippen LogP contribution in [0.3, 0.4) is 0 Å². The molecule has 1 atom stereocenters. The van der Waals surface area contributed by atoms with Crippen LogP contribution in [0.1, 0.15) is 329 Å². The summed E-state index contributed by atoms with van der Waals surface area (Å²) in [5.41, 5.74) is -0.501. The Kier molecular flexibility index (Phi) is 46.0. The third-order valence-corrected chi connectivity index (χ3v) is 13.6. The van der Waals surface area contributed by atoms with Crippen LogP contribution < -0.4 is 0 Å². The maximum absolute atomic E-state index is 13.0. The van der Waals surface area contributed by atoms with E-state index in [-0.39, 0.29) is 6.10 Å². The number of carboxylic acid groups (broad SMARTS) is 1. The monoisotopic (exact) mass is 805 g/mol. The molecule has 0 aliphatic heterocycles. The fourth-order valence-electron chi connectivity index (χ4n) is 9.40. The molecule has 0 saturated heterocycles. The highest BCUT2D eigenvalue weighted by atomic mass is 16.4. The summed E-state index contributed by atoms with van der Waals surface area (Å²) in [6.45, 7) is 6.83. The molecular formula is C54H108O3. The number of carboxylic acids is 1. The number of carbonyl (C=O) groups is 1. The van der Waals surface area contributed by atoms with E-state index < -0.39 is 11.4 Å². The van der Waals surface area contributed by atoms with Gasteiger partial charge in [-0.2, -0.15) is 0 Å². The molecule has 3 nitrogen and oxygen atoms in total. The molecule has 0 saturated carbocycles. The smallest absolute Gasteiger partial charge is 0.309 e. The Morgan fingerprint density at radius 1 is 0.316 bits per heavy atom. The van der Waals surface area contributed by atoms with Crippen LogP contribution in [-0.4, -0.2) is 22.3 Å². The third kappa shape index (κ3) is 40.6. The Morgan fingerprint density at radius 3 is 0.702 bits per heavy atom. The van der Waals surface area contributed by atoms with Crippen LogP contribution in [0.15, 0.2) is 0 Å². The second-order valence-electron chi connectivity index (χ2n) is 19.2. The van der Waals surface area contributed by atoms with E-state index in [1.165, 1.54) is 250 Å². The number of aliphatic carboxylic acids is 1. The van der Waals surface area contributed by atoms with Gasteiger partial charge in [0.15, 0.2) is 0 Å². The van der Waals surface area contributed by atoms with Gasteiger partial charge in [-0.3, -0.25) is 4.79 Å². The summed E-state index contributed by atoms with van der Waals surface area (Å²) in [6, 6.07) is 0. The number of unbranched alkanes of at least 4 members (excludes halogenated alkanes) is 39. The Hall–Kier alpha value is -0.570.